The second-order valence-corrected chi connectivity index (χ2v) is 4.99. The molecule has 1 aromatic carbocycles. The third-order valence-corrected chi connectivity index (χ3v) is 3.48. The van der Waals surface area contributed by atoms with Crippen LogP contribution in [0.5, 0.6) is 11.5 Å². The molecule has 114 valence electrons. The Morgan fingerprint density at radius 1 is 1.20 bits per heavy atom. The minimum atomic E-state index is 0.101. The lowest BCUT2D eigenvalue weighted by molar-refractivity contribution is 0.223. The number of aliphatic hydroxyl groups is 1. The Balaban J connectivity index is 2.87. The van der Waals surface area contributed by atoms with Gasteiger partial charge in [0, 0.05) is 17.7 Å². The molecular formula is C15H24ClNO3. The number of aliphatic hydroxyl groups excluding tert-OH is 1. The maximum absolute atomic E-state index is 9.17. The van der Waals surface area contributed by atoms with E-state index in [1.54, 1.807) is 6.07 Å². The molecule has 0 aliphatic rings. The van der Waals surface area contributed by atoms with Crippen LogP contribution in [-0.2, 0) is 6.42 Å². The number of halogens is 1. The number of rotatable bonds is 9. The van der Waals surface area contributed by atoms with Crippen LogP contribution in [0.2, 0.25) is 5.02 Å². The molecule has 1 rings (SSSR count). The van der Waals surface area contributed by atoms with Gasteiger partial charge >= 0.3 is 0 Å². The maximum atomic E-state index is 9.17. The highest BCUT2D eigenvalue weighted by atomic mass is 35.5. The first kappa shape index (κ1) is 17.1. The molecule has 0 heterocycles. The van der Waals surface area contributed by atoms with Crippen LogP contribution in [0.25, 0.3) is 0 Å². The van der Waals surface area contributed by atoms with Crippen LogP contribution < -0.4 is 15.2 Å². The van der Waals surface area contributed by atoms with E-state index in [0.717, 1.165) is 18.4 Å². The topological polar surface area (TPSA) is 64.7 Å². The van der Waals surface area contributed by atoms with Crippen molar-refractivity contribution in [3.8, 4) is 11.5 Å². The highest BCUT2D eigenvalue weighted by Crippen LogP contribution is 2.34. The standard InChI is InChI=1S/C15H24ClNO3/c1-3-19-14-7-12(6-5-11(9-17)10-18)13(16)8-15(14)20-4-2/h7-8,11,18H,3-6,9-10,17H2,1-2H3. The average molecular weight is 302 g/mol. The van der Waals surface area contributed by atoms with Gasteiger partial charge < -0.3 is 20.3 Å². The molecular weight excluding hydrogens is 278 g/mol. The lowest BCUT2D eigenvalue weighted by Crippen LogP contribution is -2.18. The lowest BCUT2D eigenvalue weighted by Gasteiger charge is -2.15. The van der Waals surface area contributed by atoms with Crippen molar-refractivity contribution in [2.75, 3.05) is 26.4 Å². The Morgan fingerprint density at radius 3 is 2.30 bits per heavy atom. The Hall–Kier alpha value is -0.970. The average Bonchev–Trinajstić information content (AvgIpc) is 2.44. The minimum absolute atomic E-state index is 0.101. The molecule has 0 saturated heterocycles. The molecule has 1 unspecified atom stereocenters. The zero-order chi connectivity index (χ0) is 15.0. The van der Waals surface area contributed by atoms with Crippen molar-refractivity contribution < 1.29 is 14.6 Å². The van der Waals surface area contributed by atoms with E-state index in [2.05, 4.69) is 0 Å². The van der Waals surface area contributed by atoms with E-state index >= 15 is 0 Å². The van der Waals surface area contributed by atoms with Gasteiger partial charge in [0.15, 0.2) is 11.5 Å². The zero-order valence-corrected chi connectivity index (χ0v) is 12.9. The van der Waals surface area contributed by atoms with Gasteiger partial charge in [0.2, 0.25) is 0 Å². The van der Waals surface area contributed by atoms with Gasteiger partial charge in [0.25, 0.3) is 0 Å². The first-order chi connectivity index (χ1) is 9.65. The molecule has 1 atom stereocenters. The monoisotopic (exact) mass is 301 g/mol. The largest absolute Gasteiger partial charge is 0.490 e. The summed E-state index contributed by atoms with van der Waals surface area (Å²) in [7, 11) is 0. The van der Waals surface area contributed by atoms with Gasteiger partial charge in [-0.25, -0.2) is 0 Å². The molecule has 0 aliphatic carbocycles. The van der Waals surface area contributed by atoms with Crippen molar-refractivity contribution in [3.63, 3.8) is 0 Å². The fourth-order valence-corrected chi connectivity index (χ4v) is 2.20. The molecule has 0 bridgehead atoms. The Labute approximate surface area is 125 Å². The third-order valence-electron chi connectivity index (χ3n) is 3.13. The first-order valence-electron chi connectivity index (χ1n) is 7.05. The normalized spacial score (nSPS) is 12.2. The molecule has 0 spiro atoms. The predicted molar refractivity (Wildman–Crippen MR) is 81.7 cm³/mol. The zero-order valence-electron chi connectivity index (χ0n) is 12.2. The predicted octanol–water partition coefficient (Wildman–Crippen LogP) is 2.64. The summed E-state index contributed by atoms with van der Waals surface area (Å²) in [6.45, 7) is 5.57. The van der Waals surface area contributed by atoms with Crippen LogP contribution in [0.3, 0.4) is 0 Å². The molecule has 0 radical (unpaired) electrons. The van der Waals surface area contributed by atoms with E-state index in [1.807, 2.05) is 19.9 Å². The maximum Gasteiger partial charge on any atom is 0.162 e. The number of ether oxygens (including phenoxy) is 2. The van der Waals surface area contributed by atoms with Gasteiger partial charge in [0.1, 0.15) is 0 Å². The van der Waals surface area contributed by atoms with Crippen LogP contribution >= 0.6 is 11.6 Å². The van der Waals surface area contributed by atoms with Crippen molar-refractivity contribution in [2.24, 2.45) is 11.7 Å². The molecule has 3 N–H and O–H groups in total. The van der Waals surface area contributed by atoms with Gasteiger partial charge in [0.05, 0.1) is 13.2 Å². The fraction of sp³-hybridized carbons (Fsp3) is 0.600. The SMILES string of the molecule is CCOc1cc(Cl)c(CCC(CN)CO)cc1OCC. The van der Waals surface area contributed by atoms with E-state index < -0.39 is 0 Å². The van der Waals surface area contributed by atoms with Crippen molar-refractivity contribution in [1.29, 1.82) is 0 Å². The number of benzene rings is 1. The summed E-state index contributed by atoms with van der Waals surface area (Å²) in [6.07, 6.45) is 1.56. The molecule has 0 saturated carbocycles. The van der Waals surface area contributed by atoms with E-state index in [0.29, 0.717) is 36.3 Å². The summed E-state index contributed by atoms with van der Waals surface area (Å²) >= 11 is 6.28. The summed E-state index contributed by atoms with van der Waals surface area (Å²) in [5.41, 5.74) is 6.58. The van der Waals surface area contributed by atoms with Gasteiger partial charge in [-0.05, 0) is 50.8 Å². The molecule has 1 aromatic rings. The number of hydrogen-bond acceptors (Lipinski definition) is 4. The van der Waals surface area contributed by atoms with Crippen molar-refractivity contribution in [2.45, 2.75) is 26.7 Å². The Kier molecular flexibility index (Phi) is 7.73. The van der Waals surface area contributed by atoms with Gasteiger partial charge in [-0.2, -0.15) is 0 Å². The minimum Gasteiger partial charge on any atom is -0.490 e. The summed E-state index contributed by atoms with van der Waals surface area (Å²) in [5.74, 6) is 1.48. The van der Waals surface area contributed by atoms with E-state index in [4.69, 9.17) is 31.9 Å². The van der Waals surface area contributed by atoms with Crippen molar-refractivity contribution >= 4 is 11.6 Å². The smallest absolute Gasteiger partial charge is 0.162 e. The summed E-state index contributed by atoms with van der Waals surface area (Å²) < 4.78 is 11.1. The molecule has 4 nitrogen and oxygen atoms in total. The molecule has 0 aliphatic heterocycles. The number of nitrogens with two attached hydrogens (primary N) is 1. The molecule has 0 aromatic heterocycles. The highest BCUT2D eigenvalue weighted by Gasteiger charge is 2.13. The van der Waals surface area contributed by atoms with Crippen LogP contribution in [0.1, 0.15) is 25.8 Å². The fourth-order valence-electron chi connectivity index (χ4n) is 1.95. The quantitative estimate of drug-likeness (QED) is 0.736. The first-order valence-corrected chi connectivity index (χ1v) is 7.42. The summed E-state index contributed by atoms with van der Waals surface area (Å²) in [6, 6.07) is 3.71. The van der Waals surface area contributed by atoms with Gasteiger partial charge in [-0.3, -0.25) is 0 Å². The lowest BCUT2D eigenvalue weighted by atomic mass is 10.00. The van der Waals surface area contributed by atoms with Crippen LogP contribution in [0.4, 0.5) is 0 Å². The van der Waals surface area contributed by atoms with Crippen LogP contribution in [-0.4, -0.2) is 31.5 Å². The van der Waals surface area contributed by atoms with E-state index in [1.165, 1.54) is 0 Å². The molecule has 5 heteroatoms. The second-order valence-electron chi connectivity index (χ2n) is 4.58. The van der Waals surface area contributed by atoms with Gasteiger partial charge in [-0.15, -0.1) is 0 Å². The molecule has 20 heavy (non-hydrogen) atoms. The number of aryl methyl sites for hydroxylation is 1. The van der Waals surface area contributed by atoms with Crippen molar-refractivity contribution in [1.82, 2.24) is 0 Å². The summed E-state index contributed by atoms with van der Waals surface area (Å²) in [4.78, 5) is 0. The number of hydrogen-bond donors (Lipinski definition) is 2. The highest BCUT2D eigenvalue weighted by molar-refractivity contribution is 6.31. The molecule has 0 fully saturated rings. The molecule has 0 amide bonds. The van der Waals surface area contributed by atoms with Gasteiger partial charge in [-0.1, -0.05) is 11.6 Å². The Bertz CT molecular complexity index is 408. The second kappa shape index (κ2) is 9.06. The van der Waals surface area contributed by atoms with E-state index in [9.17, 15) is 0 Å². The van der Waals surface area contributed by atoms with Crippen LogP contribution in [0, 0.1) is 5.92 Å². The summed E-state index contributed by atoms with van der Waals surface area (Å²) in [5, 5.41) is 9.83. The van der Waals surface area contributed by atoms with Crippen molar-refractivity contribution in [3.05, 3.63) is 22.7 Å². The Morgan fingerprint density at radius 2 is 1.80 bits per heavy atom. The van der Waals surface area contributed by atoms with Crippen LogP contribution in [0.15, 0.2) is 12.1 Å². The van der Waals surface area contributed by atoms with E-state index in [-0.39, 0.29) is 12.5 Å². The third kappa shape index (κ3) is 4.85.